The number of rotatable bonds is 5. The number of halogens is 1. The van der Waals surface area contributed by atoms with Gasteiger partial charge < -0.3 is 14.6 Å². The highest BCUT2D eigenvalue weighted by Crippen LogP contribution is 2.53. The zero-order chi connectivity index (χ0) is 36.7. The van der Waals surface area contributed by atoms with E-state index in [9.17, 15) is 28.4 Å². The summed E-state index contributed by atoms with van der Waals surface area (Å²) in [4.78, 5) is 31.3. The third kappa shape index (κ3) is 5.42. The van der Waals surface area contributed by atoms with Crippen LogP contribution in [-0.4, -0.2) is 75.6 Å². The Bertz CT molecular complexity index is 2310. The molecule has 3 aromatic heterocycles. The summed E-state index contributed by atoms with van der Waals surface area (Å²) in [5.74, 6) is -1.84. The minimum absolute atomic E-state index is 0.00164. The average molecular weight is 670 g/mol. The number of nitrogens with zero attached hydrogens (tertiary/aromatic N) is 7. The van der Waals surface area contributed by atoms with Crippen LogP contribution in [0.3, 0.4) is 0 Å². The number of benzene rings is 1. The second-order valence-corrected chi connectivity index (χ2v) is 14.3. The Balaban J connectivity index is 1.66. The molecule has 4 heterocycles. The van der Waals surface area contributed by atoms with E-state index in [1.807, 2.05) is 6.07 Å². The lowest BCUT2D eigenvalue weighted by atomic mass is 9.96. The number of fused-ring (bicyclic) bond motifs is 2. The van der Waals surface area contributed by atoms with E-state index in [0.717, 1.165) is 16.6 Å². The number of amides is 1. The molecule has 2 aliphatic rings. The number of aromatic nitrogens is 5. The van der Waals surface area contributed by atoms with Gasteiger partial charge in [-0.15, -0.1) is 0 Å². The Morgan fingerprint density at radius 3 is 2.68 bits per heavy atom. The summed E-state index contributed by atoms with van der Waals surface area (Å²) in [6, 6.07) is 4.19. The zero-order valence-corrected chi connectivity index (χ0v) is 26.7. The van der Waals surface area contributed by atoms with Crippen molar-refractivity contribution in [1.82, 2.24) is 25.0 Å². The number of sulfonamides is 1. The van der Waals surface area contributed by atoms with Crippen LogP contribution in [0.15, 0.2) is 23.1 Å². The van der Waals surface area contributed by atoms with Crippen molar-refractivity contribution in [3.63, 3.8) is 0 Å². The van der Waals surface area contributed by atoms with Crippen LogP contribution in [0.1, 0.15) is 49.0 Å². The van der Waals surface area contributed by atoms with E-state index in [4.69, 9.17) is 13.6 Å². The molecule has 47 heavy (non-hydrogen) atoms. The second kappa shape index (κ2) is 10.7. The highest BCUT2D eigenvalue weighted by molar-refractivity contribution is 7.92. The van der Waals surface area contributed by atoms with Gasteiger partial charge >= 0.3 is 6.09 Å². The molecule has 0 radical (unpaired) electrons. The molecule has 1 aromatic carbocycles. The zero-order valence-electron chi connectivity index (χ0n) is 28.9. The number of aryl methyl sites for hydroxylation is 1. The Morgan fingerprint density at radius 1 is 1.36 bits per heavy atom. The molecule has 1 aliphatic heterocycles. The minimum Gasteiger partial charge on any atom is -0.482 e. The number of hydrogen-bond acceptors (Lipinski definition) is 11. The van der Waals surface area contributed by atoms with Gasteiger partial charge in [-0.05, 0) is 39.7 Å². The number of anilines is 2. The molecule has 0 atom stereocenters. The molecule has 1 saturated carbocycles. The van der Waals surface area contributed by atoms with Gasteiger partial charge in [0.2, 0.25) is 10.0 Å². The van der Waals surface area contributed by atoms with Crippen LogP contribution in [0.5, 0.6) is 5.75 Å². The Morgan fingerprint density at radius 2 is 2.09 bits per heavy atom. The van der Waals surface area contributed by atoms with E-state index < -0.39 is 63.5 Å². The fourth-order valence-corrected chi connectivity index (χ4v) is 6.45. The molecule has 15 nitrogen and oxygen atoms in total. The van der Waals surface area contributed by atoms with Crippen LogP contribution >= 0.6 is 0 Å². The van der Waals surface area contributed by atoms with Gasteiger partial charge in [0.05, 0.1) is 59.3 Å². The first kappa shape index (κ1) is 28.2. The maximum absolute atomic E-state index is 16.4. The first-order chi connectivity index (χ1) is 23.2. The lowest BCUT2D eigenvalue weighted by Crippen LogP contribution is -2.45. The van der Waals surface area contributed by atoms with Crippen LogP contribution in [0, 0.1) is 17.1 Å². The van der Waals surface area contributed by atoms with E-state index in [1.165, 1.54) is 44.8 Å². The highest BCUT2D eigenvalue weighted by atomic mass is 32.2. The van der Waals surface area contributed by atoms with E-state index in [0.29, 0.717) is 12.8 Å². The van der Waals surface area contributed by atoms with Crippen molar-refractivity contribution >= 4 is 38.4 Å². The number of aromatic amines is 1. The van der Waals surface area contributed by atoms with Gasteiger partial charge in [0, 0.05) is 35.2 Å². The number of nitriles is 1. The van der Waals surface area contributed by atoms with E-state index in [-0.39, 0.29) is 62.0 Å². The van der Waals surface area contributed by atoms with Crippen molar-refractivity contribution in [3.8, 4) is 34.3 Å². The summed E-state index contributed by atoms with van der Waals surface area (Å²) in [5.41, 5.74) is -4.15. The topological polar surface area (TPSA) is 197 Å². The highest BCUT2D eigenvalue weighted by Gasteiger charge is 2.53. The van der Waals surface area contributed by atoms with Crippen molar-refractivity contribution in [3.05, 3.63) is 45.8 Å². The number of carbonyl (C=O) groups is 1. The van der Waals surface area contributed by atoms with Crippen molar-refractivity contribution in [1.29, 1.82) is 5.26 Å². The lowest BCUT2D eigenvalue weighted by Gasteiger charge is -2.36. The molecular weight excluding hydrogens is 635 g/mol. The molecule has 6 rings (SSSR count). The van der Waals surface area contributed by atoms with Gasteiger partial charge in [-0.1, -0.05) is 0 Å². The summed E-state index contributed by atoms with van der Waals surface area (Å²) >= 11 is 0. The third-order valence-electron chi connectivity index (χ3n) is 7.77. The predicted molar refractivity (Wildman–Crippen MR) is 168 cm³/mol. The number of nitrogens with one attached hydrogen (secondary N) is 1. The number of hydrogen-bond donors (Lipinski definition) is 2. The molecule has 1 fully saturated rings. The molecule has 1 spiro atoms. The quantitative estimate of drug-likeness (QED) is 0.317. The standard InChI is InChI=1S/C30H31FN8O7S/c1-29(2,3)46-28(42)37(4)26-23-15(20(13-40)35-36-27(23)41)9-19(34-26)17-12-33-38(5)24(17)22-16(11-32)25-21(10-18(22)31)39(47(6,43)44)14-30(45-25)7-8-30/h9-10,12,40H,7-8,13-14H2,1-6H3,(H,36,41)/i4D3. The molecule has 1 amide bonds. The predicted octanol–water partition coefficient (Wildman–Crippen LogP) is 2.95. The molecule has 17 heteroatoms. The monoisotopic (exact) mass is 669 g/mol. The first-order valence-corrected chi connectivity index (χ1v) is 16.1. The fraction of sp³-hybridized carbons (Fsp3) is 0.400. The van der Waals surface area contributed by atoms with Crippen molar-refractivity contribution < 1.29 is 36.3 Å². The number of aliphatic hydroxyl groups is 1. The first-order valence-electron chi connectivity index (χ1n) is 15.7. The van der Waals surface area contributed by atoms with Gasteiger partial charge in [-0.25, -0.2) is 27.7 Å². The minimum atomic E-state index is -3.91. The van der Waals surface area contributed by atoms with E-state index >= 15 is 4.39 Å². The van der Waals surface area contributed by atoms with Crippen LogP contribution in [0.4, 0.5) is 20.7 Å². The van der Waals surface area contributed by atoms with Gasteiger partial charge in [-0.2, -0.15) is 15.5 Å². The van der Waals surface area contributed by atoms with Crippen molar-refractivity contribution in [2.24, 2.45) is 7.05 Å². The summed E-state index contributed by atoms with van der Waals surface area (Å²) in [7, 11) is -2.47. The van der Waals surface area contributed by atoms with Crippen LogP contribution in [0.25, 0.3) is 33.3 Å². The number of pyridine rings is 1. The summed E-state index contributed by atoms with van der Waals surface area (Å²) < 4.78 is 80.3. The summed E-state index contributed by atoms with van der Waals surface area (Å²) in [5, 5.41) is 30.3. The lowest BCUT2D eigenvalue weighted by molar-refractivity contribution is 0.0588. The number of carbonyl (C=O) groups excluding carboxylic acids is 1. The van der Waals surface area contributed by atoms with Crippen LogP contribution in [-0.2, 0) is 28.4 Å². The van der Waals surface area contributed by atoms with Gasteiger partial charge in [0.15, 0.2) is 11.6 Å². The van der Waals surface area contributed by atoms with E-state index in [1.54, 1.807) is 0 Å². The Kier molecular flexibility index (Phi) is 6.44. The molecule has 2 N–H and O–H groups in total. The molecule has 246 valence electrons. The van der Waals surface area contributed by atoms with Gasteiger partial charge in [0.1, 0.15) is 28.7 Å². The molecule has 0 unspecified atom stereocenters. The smallest absolute Gasteiger partial charge is 0.415 e. The molecule has 4 aromatic rings. The van der Waals surface area contributed by atoms with Crippen molar-refractivity contribution in [2.45, 2.75) is 51.4 Å². The molecular formula is C30H31FN8O7S. The summed E-state index contributed by atoms with van der Waals surface area (Å²) in [6.07, 6.45) is 1.86. The molecule has 1 aliphatic carbocycles. The normalized spacial score (nSPS) is 16.5. The number of ether oxygens (including phenoxy) is 2. The third-order valence-corrected chi connectivity index (χ3v) is 8.90. The Hall–Kier alpha value is -5.08. The van der Waals surface area contributed by atoms with Gasteiger partial charge in [-0.3, -0.25) is 18.7 Å². The fourth-order valence-electron chi connectivity index (χ4n) is 5.49. The summed E-state index contributed by atoms with van der Waals surface area (Å²) in [6.45, 7) is 0.490. The largest absolute Gasteiger partial charge is 0.482 e. The Labute approximate surface area is 272 Å². The SMILES string of the molecule is [2H]C([2H])([2H])N(C(=O)OC(C)(C)C)c1nc(-c2cnn(C)c2-c2c(F)cc3c(c2C#N)OC2(CC2)CN3S(C)(=O)=O)cc2c(CO)n[nH]c(=O)c12. The van der Waals surface area contributed by atoms with Crippen molar-refractivity contribution in [2.75, 3.05) is 29.0 Å². The average Bonchev–Trinajstić information content (AvgIpc) is 3.63. The van der Waals surface area contributed by atoms with E-state index in [2.05, 4.69) is 20.3 Å². The molecule has 0 bridgehead atoms. The van der Waals surface area contributed by atoms with Gasteiger partial charge in [0.25, 0.3) is 5.56 Å². The number of H-pyrrole nitrogens is 1. The van der Waals surface area contributed by atoms with Crippen LogP contribution < -0.4 is 19.5 Å². The second-order valence-electron chi connectivity index (χ2n) is 12.4. The molecule has 0 saturated heterocycles. The maximum Gasteiger partial charge on any atom is 0.415 e. The number of aliphatic hydroxyl groups excluding tert-OH is 1. The van der Waals surface area contributed by atoms with Crippen LogP contribution in [0.2, 0.25) is 0 Å². The maximum atomic E-state index is 16.4.